The fraction of sp³-hybridized carbons (Fsp3) is 1.00. The standard InChI is InChI=1S/C13H27N3O3S/c1-3-20(17,18)14-12-13(4-6-15(2)7-5-13)16-8-10-19-11-9-16/h14H,3-12H2,1-2H3. The van der Waals surface area contributed by atoms with Gasteiger partial charge in [-0.05, 0) is 39.9 Å². The van der Waals surface area contributed by atoms with E-state index >= 15 is 0 Å². The zero-order valence-corrected chi connectivity index (χ0v) is 13.4. The molecule has 1 N–H and O–H groups in total. The number of sulfonamides is 1. The van der Waals surface area contributed by atoms with Crippen molar-refractivity contribution in [2.45, 2.75) is 25.3 Å². The fourth-order valence-corrected chi connectivity index (χ4v) is 3.72. The molecular formula is C13H27N3O3S. The van der Waals surface area contributed by atoms with Crippen LogP contribution in [0.4, 0.5) is 0 Å². The largest absolute Gasteiger partial charge is 0.379 e. The molecule has 0 bridgehead atoms. The summed E-state index contributed by atoms with van der Waals surface area (Å²) in [6, 6.07) is 0. The molecule has 0 aromatic carbocycles. The Morgan fingerprint density at radius 3 is 2.30 bits per heavy atom. The van der Waals surface area contributed by atoms with Crippen LogP contribution in [0.25, 0.3) is 0 Å². The molecule has 2 heterocycles. The summed E-state index contributed by atoms with van der Waals surface area (Å²) in [6.45, 7) is 7.54. The minimum absolute atomic E-state index is 0.0431. The summed E-state index contributed by atoms with van der Waals surface area (Å²) in [5.74, 6) is 0.145. The van der Waals surface area contributed by atoms with Crippen molar-refractivity contribution < 1.29 is 13.2 Å². The van der Waals surface area contributed by atoms with E-state index in [0.717, 1.165) is 52.2 Å². The molecule has 0 spiro atoms. The predicted molar refractivity (Wildman–Crippen MR) is 79.3 cm³/mol. The third kappa shape index (κ3) is 3.92. The van der Waals surface area contributed by atoms with E-state index in [1.807, 2.05) is 0 Å². The van der Waals surface area contributed by atoms with Crippen LogP contribution in [0.2, 0.25) is 0 Å². The molecule has 2 rings (SSSR count). The lowest BCUT2D eigenvalue weighted by atomic mass is 9.85. The molecule has 118 valence electrons. The molecule has 0 saturated carbocycles. The van der Waals surface area contributed by atoms with E-state index in [4.69, 9.17) is 4.74 Å². The monoisotopic (exact) mass is 305 g/mol. The molecule has 0 radical (unpaired) electrons. The van der Waals surface area contributed by atoms with Crippen molar-refractivity contribution in [2.24, 2.45) is 0 Å². The molecule has 2 aliphatic heterocycles. The van der Waals surface area contributed by atoms with Gasteiger partial charge >= 0.3 is 0 Å². The van der Waals surface area contributed by atoms with Gasteiger partial charge in [0.25, 0.3) is 0 Å². The molecule has 0 atom stereocenters. The van der Waals surface area contributed by atoms with Crippen molar-refractivity contribution in [3.05, 3.63) is 0 Å². The molecular weight excluding hydrogens is 278 g/mol. The number of morpholine rings is 1. The second kappa shape index (κ2) is 6.70. The first-order chi connectivity index (χ1) is 9.47. The molecule has 7 heteroatoms. The average molecular weight is 305 g/mol. The van der Waals surface area contributed by atoms with E-state index in [9.17, 15) is 8.42 Å². The Kier molecular flexibility index (Phi) is 5.42. The number of piperidine rings is 1. The second-order valence-corrected chi connectivity index (χ2v) is 7.95. The highest BCUT2D eigenvalue weighted by molar-refractivity contribution is 7.89. The molecule has 20 heavy (non-hydrogen) atoms. The Hall–Kier alpha value is -0.210. The Morgan fingerprint density at radius 1 is 1.15 bits per heavy atom. The zero-order chi connectivity index (χ0) is 14.6. The number of hydrogen-bond donors (Lipinski definition) is 1. The Labute approximate surface area is 122 Å². The Bertz CT molecular complexity index is 399. The van der Waals surface area contributed by atoms with Crippen LogP contribution in [-0.4, -0.2) is 82.5 Å². The van der Waals surface area contributed by atoms with Crippen LogP contribution in [0.1, 0.15) is 19.8 Å². The third-order valence-corrected chi connectivity index (χ3v) is 5.95. The van der Waals surface area contributed by atoms with Crippen molar-refractivity contribution in [3.63, 3.8) is 0 Å². The van der Waals surface area contributed by atoms with Gasteiger partial charge in [0.2, 0.25) is 10.0 Å². The van der Waals surface area contributed by atoms with Gasteiger partial charge in [0, 0.05) is 25.2 Å². The highest BCUT2D eigenvalue weighted by Crippen LogP contribution is 2.29. The summed E-state index contributed by atoms with van der Waals surface area (Å²) in [6.07, 6.45) is 2.02. The Balaban J connectivity index is 2.07. The number of hydrogen-bond acceptors (Lipinski definition) is 5. The third-order valence-electron chi connectivity index (χ3n) is 4.60. The summed E-state index contributed by atoms with van der Waals surface area (Å²) in [5, 5.41) is 0. The van der Waals surface area contributed by atoms with Gasteiger partial charge in [-0.2, -0.15) is 0 Å². The van der Waals surface area contributed by atoms with Gasteiger partial charge in [0.15, 0.2) is 0 Å². The summed E-state index contributed by atoms with van der Waals surface area (Å²) in [7, 11) is -1.01. The average Bonchev–Trinajstić information content (AvgIpc) is 2.48. The van der Waals surface area contributed by atoms with Crippen molar-refractivity contribution >= 4 is 10.0 Å². The van der Waals surface area contributed by atoms with Gasteiger partial charge in [-0.1, -0.05) is 0 Å². The first kappa shape index (κ1) is 16.2. The maximum atomic E-state index is 11.8. The van der Waals surface area contributed by atoms with E-state index < -0.39 is 10.0 Å². The normalized spacial score (nSPS) is 25.7. The van der Waals surface area contributed by atoms with Crippen LogP contribution < -0.4 is 4.72 Å². The van der Waals surface area contributed by atoms with Crippen molar-refractivity contribution in [1.29, 1.82) is 0 Å². The van der Waals surface area contributed by atoms with E-state index in [1.165, 1.54) is 0 Å². The molecule has 2 saturated heterocycles. The van der Waals surface area contributed by atoms with Crippen molar-refractivity contribution in [1.82, 2.24) is 14.5 Å². The first-order valence-corrected chi connectivity index (χ1v) is 9.11. The number of ether oxygens (including phenoxy) is 1. The molecule has 0 aromatic rings. The molecule has 0 aliphatic carbocycles. The number of nitrogens with zero attached hydrogens (tertiary/aromatic N) is 2. The minimum atomic E-state index is -3.13. The number of nitrogens with one attached hydrogen (secondary N) is 1. The lowest BCUT2D eigenvalue weighted by Crippen LogP contribution is -2.62. The van der Waals surface area contributed by atoms with Gasteiger partial charge in [-0.3, -0.25) is 4.90 Å². The maximum absolute atomic E-state index is 11.8. The smallest absolute Gasteiger partial charge is 0.211 e. The predicted octanol–water partition coefficient (Wildman–Crippen LogP) is -0.278. The highest BCUT2D eigenvalue weighted by atomic mass is 32.2. The lowest BCUT2D eigenvalue weighted by Gasteiger charge is -2.49. The summed E-state index contributed by atoms with van der Waals surface area (Å²) in [4.78, 5) is 4.74. The summed E-state index contributed by atoms with van der Waals surface area (Å²) in [5.41, 5.74) is -0.0431. The fourth-order valence-electron chi connectivity index (χ4n) is 3.02. The number of rotatable bonds is 5. The van der Waals surface area contributed by atoms with E-state index in [2.05, 4.69) is 21.6 Å². The molecule has 2 aliphatic rings. The minimum Gasteiger partial charge on any atom is -0.379 e. The van der Waals surface area contributed by atoms with E-state index in [-0.39, 0.29) is 11.3 Å². The van der Waals surface area contributed by atoms with Gasteiger partial charge in [-0.15, -0.1) is 0 Å². The molecule has 2 fully saturated rings. The van der Waals surface area contributed by atoms with Gasteiger partial charge in [0.1, 0.15) is 0 Å². The van der Waals surface area contributed by atoms with E-state index in [1.54, 1.807) is 6.92 Å². The van der Waals surface area contributed by atoms with Crippen LogP contribution >= 0.6 is 0 Å². The first-order valence-electron chi connectivity index (χ1n) is 7.46. The van der Waals surface area contributed by atoms with Crippen LogP contribution in [0.5, 0.6) is 0 Å². The maximum Gasteiger partial charge on any atom is 0.211 e. The number of likely N-dealkylation sites (tertiary alicyclic amines) is 1. The quantitative estimate of drug-likeness (QED) is 0.757. The van der Waals surface area contributed by atoms with Gasteiger partial charge in [0.05, 0.1) is 19.0 Å². The zero-order valence-electron chi connectivity index (χ0n) is 12.6. The van der Waals surface area contributed by atoms with E-state index in [0.29, 0.717) is 6.54 Å². The van der Waals surface area contributed by atoms with Crippen LogP contribution in [0, 0.1) is 0 Å². The summed E-state index contributed by atoms with van der Waals surface area (Å²) < 4.78 is 31.8. The molecule has 0 aromatic heterocycles. The second-order valence-electron chi connectivity index (χ2n) is 5.85. The lowest BCUT2D eigenvalue weighted by molar-refractivity contribution is -0.0427. The summed E-state index contributed by atoms with van der Waals surface area (Å²) >= 11 is 0. The van der Waals surface area contributed by atoms with Crippen molar-refractivity contribution in [3.8, 4) is 0 Å². The SMILES string of the molecule is CCS(=O)(=O)NCC1(N2CCOCC2)CCN(C)CC1. The van der Waals surface area contributed by atoms with Crippen LogP contribution in [0.15, 0.2) is 0 Å². The topological polar surface area (TPSA) is 61.9 Å². The Morgan fingerprint density at radius 2 is 1.75 bits per heavy atom. The highest BCUT2D eigenvalue weighted by Gasteiger charge is 2.40. The van der Waals surface area contributed by atoms with Gasteiger partial charge in [-0.25, -0.2) is 13.1 Å². The van der Waals surface area contributed by atoms with Gasteiger partial charge < -0.3 is 9.64 Å². The van der Waals surface area contributed by atoms with Crippen LogP contribution in [-0.2, 0) is 14.8 Å². The molecule has 0 amide bonds. The molecule has 6 nitrogen and oxygen atoms in total. The van der Waals surface area contributed by atoms with Crippen LogP contribution in [0.3, 0.4) is 0 Å². The molecule has 0 unspecified atom stereocenters. The van der Waals surface area contributed by atoms with Crippen molar-refractivity contribution in [2.75, 3.05) is 58.7 Å².